The Bertz CT molecular complexity index is 527. The minimum absolute atomic E-state index is 0.0844. The van der Waals surface area contributed by atoms with Crippen LogP contribution < -0.4 is 10.1 Å². The van der Waals surface area contributed by atoms with Crippen molar-refractivity contribution in [3.8, 4) is 11.8 Å². The topological polar surface area (TPSA) is 71.3 Å². The van der Waals surface area contributed by atoms with Gasteiger partial charge in [0, 0.05) is 11.9 Å². The Morgan fingerprint density at radius 3 is 2.70 bits per heavy atom. The molecule has 1 aromatic rings. The van der Waals surface area contributed by atoms with Gasteiger partial charge >= 0.3 is 5.97 Å². The highest BCUT2D eigenvalue weighted by atomic mass is 16.5. The summed E-state index contributed by atoms with van der Waals surface area (Å²) in [5, 5.41) is 11.7. The van der Waals surface area contributed by atoms with Crippen LogP contribution in [0, 0.1) is 11.3 Å². The maximum atomic E-state index is 11.4. The highest BCUT2D eigenvalue weighted by Crippen LogP contribution is 2.16. The summed E-state index contributed by atoms with van der Waals surface area (Å²) in [5.41, 5.74) is 0.645. The molecule has 0 aliphatic rings. The average Bonchev–Trinajstić information content (AvgIpc) is 2.47. The van der Waals surface area contributed by atoms with Gasteiger partial charge in [-0.2, -0.15) is 5.26 Å². The molecule has 20 heavy (non-hydrogen) atoms. The van der Waals surface area contributed by atoms with Crippen molar-refractivity contribution >= 4 is 11.7 Å². The number of rotatable bonds is 7. The molecule has 1 rings (SSSR count). The third-order valence-electron chi connectivity index (χ3n) is 2.22. The van der Waals surface area contributed by atoms with E-state index in [-0.39, 0.29) is 12.2 Å². The lowest BCUT2D eigenvalue weighted by Gasteiger charge is -2.05. The number of nitriles is 1. The zero-order valence-corrected chi connectivity index (χ0v) is 11.3. The minimum Gasteiger partial charge on any atom is -0.490 e. The lowest BCUT2D eigenvalue weighted by molar-refractivity contribution is -0.138. The highest BCUT2D eigenvalue weighted by Gasteiger charge is 2.08. The first kappa shape index (κ1) is 15.3. The number of benzene rings is 1. The fourth-order valence-corrected chi connectivity index (χ4v) is 1.30. The summed E-state index contributed by atoms with van der Waals surface area (Å²) in [7, 11) is 0. The Balaban J connectivity index is 2.66. The predicted octanol–water partition coefficient (Wildman–Crippen LogP) is 2.63. The summed E-state index contributed by atoms with van der Waals surface area (Å²) in [4.78, 5) is 11.4. The number of hydrogen-bond donors (Lipinski definition) is 1. The normalized spacial score (nSPS) is 10.3. The summed E-state index contributed by atoms with van der Waals surface area (Å²) in [6.45, 7) is 5.91. The molecule has 0 atom stereocenters. The van der Waals surface area contributed by atoms with E-state index < -0.39 is 5.97 Å². The molecule has 104 valence electrons. The number of ether oxygens (including phenoxy) is 2. The van der Waals surface area contributed by atoms with Crippen molar-refractivity contribution in [2.75, 3.05) is 18.5 Å². The molecule has 0 spiro atoms. The molecule has 0 fully saturated rings. The molecule has 1 N–H and O–H groups in total. The van der Waals surface area contributed by atoms with Gasteiger partial charge in [0.05, 0.1) is 6.61 Å². The van der Waals surface area contributed by atoms with Crippen LogP contribution in [0.3, 0.4) is 0 Å². The maximum absolute atomic E-state index is 11.4. The van der Waals surface area contributed by atoms with E-state index in [2.05, 4.69) is 11.9 Å². The highest BCUT2D eigenvalue weighted by molar-refractivity contribution is 5.93. The second-order valence-corrected chi connectivity index (χ2v) is 3.66. The van der Waals surface area contributed by atoms with Gasteiger partial charge in [-0.05, 0) is 31.2 Å². The van der Waals surface area contributed by atoms with Crippen molar-refractivity contribution in [2.45, 2.75) is 6.92 Å². The molecule has 0 aliphatic heterocycles. The first-order valence-electron chi connectivity index (χ1n) is 6.09. The molecule has 0 bridgehead atoms. The zero-order chi connectivity index (χ0) is 14.8. The molecule has 0 amide bonds. The van der Waals surface area contributed by atoms with Crippen LogP contribution in [-0.2, 0) is 9.53 Å². The fourth-order valence-electron chi connectivity index (χ4n) is 1.30. The minimum atomic E-state index is -0.645. The van der Waals surface area contributed by atoms with Crippen molar-refractivity contribution in [1.29, 1.82) is 5.26 Å². The molecule has 0 radical (unpaired) electrons. The molecule has 5 nitrogen and oxygen atoms in total. The Labute approximate surface area is 118 Å². The molecule has 1 aromatic carbocycles. The molecule has 5 heteroatoms. The molecule has 0 saturated carbocycles. The Morgan fingerprint density at radius 2 is 2.15 bits per heavy atom. The Kier molecular flexibility index (Phi) is 6.42. The zero-order valence-electron chi connectivity index (χ0n) is 11.3. The van der Waals surface area contributed by atoms with Gasteiger partial charge in [-0.25, -0.2) is 4.79 Å². The number of carbonyl (C=O) groups excluding carboxylic acids is 1. The van der Waals surface area contributed by atoms with Crippen molar-refractivity contribution in [1.82, 2.24) is 0 Å². The SMILES string of the molecule is C=CCOc1ccc(N/C=C(\C#N)C(=O)OCC)cc1. The van der Waals surface area contributed by atoms with E-state index in [0.29, 0.717) is 12.4 Å². The van der Waals surface area contributed by atoms with Gasteiger partial charge in [0.2, 0.25) is 0 Å². The number of hydrogen-bond acceptors (Lipinski definition) is 5. The van der Waals surface area contributed by atoms with Crippen LogP contribution >= 0.6 is 0 Å². The van der Waals surface area contributed by atoms with Crippen molar-refractivity contribution in [3.63, 3.8) is 0 Å². The number of esters is 1. The largest absolute Gasteiger partial charge is 0.490 e. The third kappa shape index (κ3) is 4.86. The Hall–Kier alpha value is -2.74. The first-order valence-corrected chi connectivity index (χ1v) is 6.09. The van der Waals surface area contributed by atoms with E-state index in [1.807, 2.05) is 0 Å². The molecular weight excluding hydrogens is 256 g/mol. The number of nitrogens with one attached hydrogen (secondary N) is 1. The van der Waals surface area contributed by atoms with Crippen LogP contribution in [0.25, 0.3) is 0 Å². The van der Waals surface area contributed by atoms with Crippen LogP contribution in [0.4, 0.5) is 5.69 Å². The summed E-state index contributed by atoms with van der Waals surface area (Å²) in [6.07, 6.45) is 2.98. The fraction of sp³-hybridized carbons (Fsp3) is 0.200. The van der Waals surface area contributed by atoms with Gasteiger partial charge in [0.15, 0.2) is 5.57 Å². The van der Waals surface area contributed by atoms with E-state index in [0.717, 1.165) is 5.69 Å². The third-order valence-corrected chi connectivity index (χ3v) is 2.22. The van der Waals surface area contributed by atoms with E-state index >= 15 is 0 Å². The number of anilines is 1. The second kappa shape index (κ2) is 8.38. The lowest BCUT2D eigenvalue weighted by atomic mass is 10.3. The molecule has 0 aromatic heterocycles. The lowest BCUT2D eigenvalue weighted by Crippen LogP contribution is -2.07. The van der Waals surface area contributed by atoms with Crippen LogP contribution in [0.2, 0.25) is 0 Å². The van der Waals surface area contributed by atoms with Crippen molar-refractivity contribution in [2.24, 2.45) is 0 Å². The molecular formula is C15H16N2O3. The molecule has 0 heterocycles. The van der Waals surface area contributed by atoms with Crippen LogP contribution in [0.15, 0.2) is 48.7 Å². The van der Waals surface area contributed by atoms with Gasteiger partial charge in [-0.3, -0.25) is 0 Å². The van der Waals surface area contributed by atoms with Gasteiger partial charge in [-0.1, -0.05) is 12.7 Å². The van der Waals surface area contributed by atoms with E-state index in [9.17, 15) is 4.79 Å². The maximum Gasteiger partial charge on any atom is 0.350 e. The second-order valence-electron chi connectivity index (χ2n) is 3.66. The van der Waals surface area contributed by atoms with E-state index in [1.165, 1.54) is 6.20 Å². The van der Waals surface area contributed by atoms with Crippen molar-refractivity contribution < 1.29 is 14.3 Å². The van der Waals surface area contributed by atoms with Gasteiger partial charge in [0.1, 0.15) is 18.4 Å². The summed E-state index contributed by atoms with van der Waals surface area (Å²) in [6, 6.07) is 8.88. The van der Waals surface area contributed by atoms with Gasteiger partial charge in [-0.15, -0.1) is 0 Å². The van der Waals surface area contributed by atoms with Crippen molar-refractivity contribution in [3.05, 3.63) is 48.7 Å². The van der Waals surface area contributed by atoms with Crippen LogP contribution in [-0.4, -0.2) is 19.2 Å². The van der Waals surface area contributed by atoms with Crippen LogP contribution in [0.1, 0.15) is 6.92 Å². The Morgan fingerprint density at radius 1 is 1.45 bits per heavy atom. The van der Waals surface area contributed by atoms with Crippen LogP contribution in [0.5, 0.6) is 5.75 Å². The molecule has 0 unspecified atom stereocenters. The average molecular weight is 272 g/mol. The standard InChI is InChI=1S/C15H16N2O3/c1-3-9-20-14-7-5-13(6-8-14)17-11-12(10-16)15(18)19-4-2/h3,5-8,11,17H,1,4,9H2,2H3/b12-11+. The molecule has 0 aliphatic carbocycles. The summed E-state index contributed by atoms with van der Waals surface area (Å²) < 4.78 is 10.1. The predicted molar refractivity (Wildman–Crippen MR) is 76.1 cm³/mol. The first-order chi connectivity index (χ1) is 9.71. The van der Waals surface area contributed by atoms with Gasteiger partial charge < -0.3 is 14.8 Å². The van der Waals surface area contributed by atoms with E-state index in [1.54, 1.807) is 43.3 Å². The van der Waals surface area contributed by atoms with E-state index in [4.69, 9.17) is 14.7 Å². The monoisotopic (exact) mass is 272 g/mol. The number of nitrogens with zero attached hydrogens (tertiary/aromatic N) is 1. The molecule has 0 saturated heterocycles. The van der Waals surface area contributed by atoms with Gasteiger partial charge in [0.25, 0.3) is 0 Å². The summed E-state index contributed by atoms with van der Waals surface area (Å²) >= 11 is 0. The summed E-state index contributed by atoms with van der Waals surface area (Å²) in [5.74, 6) is 0.0683. The quantitative estimate of drug-likeness (QED) is 0.357. The smallest absolute Gasteiger partial charge is 0.350 e. The number of carbonyl (C=O) groups is 1.